The van der Waals surface area contributed by atoms with Gasteiger partial charge in [0, 0.05) is 18.8 Å². The number of nitrogens with zero attached hydrogens (tertiary/aromatic N) is 1. The largest absolute Gasteiger partial charge is 0.371 e. The van der Waals surface area contributed by atoms with Crippen molar-refractivity contribution in [1.82, 2.24) is 0 Å². The Kier molecular flexibility index (Phi) is 4.26. The molecule has 2 heteroatoms. The van der Waals surface area contributed by atoms with E-state index >= 15 is 0 Å². The van der Waals surface area contributed by atoms with Crippen LogP contribution in [0.4, 0.5) is 5.69 Å². The second-order valence-corrected chi connectivity index (χ2v) is 5.92. The van der Waals surface area contributed by atoms with Crippen molar-refractivity contribution in [2.75, 3.05) is 24.5 Å². The highest BCUT2D eigenvalue weighted by Crippen LogP contribution is 2.25. The van der Waals surface area contributed by atoms with E-state index in [0.29, 0.717) is 0 Å². The third kappa shape index (κ3) is 3.11. The maximum absolute atomic E-state index is 5.65. The molecule has 0 atom stereocenters. The van der Waals surface area contributed by atoms with Crippen LogP contribution in [0, 0.1) is 6.92 Å². The van der Waals surface area contributed by atoms with Crippen LogP contribution in [0.1, 0.15) is 22.3 Å². The SMILES string of the molecule is Cc1cc(CCN)ccc1N1CCc2ccccc2CC1. The minimum absolute atomic E-state index is 0.720. The predicted molar refractivity (Wildman–Crippen MR) is 90.0 cm³/mol. The molecular weight excluding hydrogens is 256 g/mol. The van der Waals surface area contributed by atoms with Crippen molar-refractivity contribution in [3.63, 3.8) is 0 Å². The topological polar surface area (TPSA) is 29.3 Å². The van der Waals surface area contributed by atoms with E-state index in [2.05, 4.69) is 54.3 Å². The lowest BCUT2D eigenvalue weighted by atomic mass is 10.0. The average Bonchev–Trinajstić information content (AvgIpc) is 2.71. The molecule has 2 N–H and O–H groups in total. The zero-order chi connectivity index (χ0) is 14.7. The quantitative estimate of drug-likeness (QED) is 0.936. The monoisotopic (exact) mass is 280 g/mol. The molecule has 2 aromatic rings. The Bertz CT molecular complexity index is 592. The van der Waals surface area contributed by atoms with Gasteiger partial charge in [0.2, 0.25) is 0 Å². The Morgan fingerprint density at radius 2 is 1.67 bits per heavy atom. The lowest BCUT2D eigenvalue weighted by Gasteiger charge is -2.25. The third-order valence-corrected chi connectivity index (χ3v) is 4.46. The van der Waals surface area contributed by atoms with Crippen LogP contribution in [0.3, 0.4) is 0 Å². The molecule has 1 heterocycles. The fourth-order valence-corrected chi connectivity index (χ4v) is 3.30. The molecule has 0 saturated heterocycles. The highest BCUT2D eigenvalue weighted by Gasteiger charge is 2.15. The molecule has 0 fully saturated rings. The van der Waals surface area contributed by atoms with Crippen molar-refractivity contribution in [3.05, 3.63) is 64.7 Å². The molecule has 0 bridgehead atoms. The smallest absolute Gasteiger partial charge is 0.0396 e. The number of nitrogens with two attached hydrogens (primary N) is 1. The van der Waals surface area contributed by atoms with Crippen LogP contribution in [0.2, 0.25) is 0 Å². The summed E-state index contributed by atoms with van der Waals surface area (Å²) in [6, 6.07) is 15.7. The minimum atomic E-state index is 0.720. The van der Waals surface area contributed by atoms with Gasteiger partial charge in [0.25, 0.3) is 0 Å². The minimum Gasteiger partial charge on any atom is -0.371 e. The highest BCUT2D eigenvalue weighted by molar-refractivity contribution is 5.55. The molecule has 0 saturated carbocycles. The van der Waals surface area contributed by atoms with Crippen LogP contribution in [0.25, 0.3) is 0 Å². The van der Waals surface area contributed by atoms with Crippen LogP contribution < -0.4 is 10.6 Å². The van der Waals surface area contributed by atoms with Crippen LogP contribution in [-0.4, -0.2) is 19.6 Å². The Balaban J connectivity index is 1.79. The molecule has 0 aliphatic carbocycles. The Morgan fingerprint density at radius 1 is 1.00 bits per heavy atom. The van der Waals surface area contributed by atoms with Crippen LogP contribution >= 0.6 is 0 Å². The molecule has 2 nitrogen and oxygen atoms in total. The van der Waals surface area contributed by atoms with Crippen molar-refractivity contribution in [2.24, 2.45) is 5.73 Å². The molecule has 0 spiro atoms. The fourth-order valence-electron chi connectivity index (χ4n) is 3.30. The first kappa shape index (κ1) is 14.2. The van der Waals surface area contributed by atoms with E-state index in [4.69, 9.17) is 5.73 Å². The molecule has 110 valence electrons. The van der Waals surface area contributed by atoms with Gasteiger partial charge in [-0.3, -0.25) is 0 Å². The maximum Gasteiger partial charge on any atom is 0.0396 e. The molecule has 0 unspecified atom stereocenters. The molecule has 0 radical (unpaired) electrons. The summed E-state index contributed by atoms with van der Waals surface area (Å²) < 4.78 is 0. The first-order valence-corrected chi connectivity index (χ1v) is 7.89. The molecular formula is C19H24N2. The zero-order valence-corrected chi connectivity index (χ0v) is 12.8. The number of hydrogen-bond acceptors (Lipinski definition) is 2. The molecule has 1 aliphatic rings. The Labute approximate surface area is 127 Å². The van der Waals surface area contributed by atoms with Gasteiger partial charge in [0.05, 0.1) is 0 Å². The van der Waals surface area contributed by atoms with Gasteiger partial charge in [-0.15, -0.1) is 0 Å². The maximum atomic E-state index is 5.65. The lowest BCUT2D eigenvalue weighted by molar-refractivity contribution is 0.802. The van der Waals surface area contributed by atoms with Gasteiger partial charge < -0.3 is 10.6 Å². The predicted octanol–water partition coefficient (Wildman–Crippen LogP) is 3.10. The lowest BCUT2D eigenvalue weighted by Crippen LogP contribution is -2.26. The van der Waals surface area contributed by atoms with Gasteiger partial charge in [-0.25, -0.2) is 0 Å². The van der Waals surface area contributed by atoms with Crippen LogP contribution in [-0.2, 0) is 19.3 Å². The van der Waals surface area contributed by atoms with Gasteiger partial charge >= 0.3 is 0 Å². The summed E-state index contributed by atoms with van der Waals surface area (Å²) in [6.45, 7) is 5.15. The van der Waals surface area contributed by atoms with Crippen LogP contribution in [0.15, 0.2) is 42.5 Å². The number of fused-ring (bicyclic) bond motifs is 1. The summed E-state index contributed by atoms with van der Waals surface area (Å²) in [5.74, 6) is 0. The van der Waals surface area contributed by atoms with E-state index in [1.54, 1.807) is 0 Å². The van der Waals surface area contributed by atoms with E-state index in [1.807, 2.05) is 0 Å². The molecule has 1 aliphatic heterocycles. The van der Waals surface area contributed by atoms with E-state index in [9.17, 15) is 0 Å². The fraction of sp³-hybridized carbons (Fsp3) is 0.368. The second kappa shape index (κ2) is 6.31. The molecule has 0 amide bonds. The van der Waals surface area contributed by atoms with Crippen molar-refractivity contribution in [2.45, 2.75) is 26.2 Å². The summed E-state index contributed by atoms with van der Waals surface area (Å²) in [5.41, 5.74) is 12.8. The van der Waals surface area contributed by atoms with E-state index in [1.165, 1.54) is 27.9 Å². The first-order valence-electron chi connectivity index (χ1n) is 7.89. The van der Waals surface area contributed by atoms with Crippen molar-refractivity contribution < 1.29 is 0 Å². The molecule has 0 aromatic heterocycles. The number of rotatable bonds is 3. The zero-order valence-electron chi connectivity index (χ0n) is 12.8. The summed E-state index contributed by atoms with van der Waals surface area (Å²) in [7, 11) is 0. The molecule has 21 heavy (non-hydrogen) atoms. The van der Waals surface area contributed by atoms with Gasteiger partial charge in [-0.05, 0) is 61.1 Å². The summed E-state index contributed by atoms with van der Waals surface area (Å²) in [6.07, 6.45) is 3.24. The summed E-state index contributed by atoms with van der Waals surface area (Å²) in [5, 5.41) is 0. The summed E-state index contributed by atoms with van der Waals surface area (Å²) >= 11 is 0. The van der Waals surface area contributed by atoms with Gasteiger partial charge in [-0.2, -0.15) is 0 Å². The van der Waals surface area contributed by atoms with Crippen molar-refractivity contribution >= 4 is 5.69 Å². The van der Waals surface area contributed by atoms with E-state index in [0.717, 1.165) is 38.9 Å². The number of benzene rings is 2. The average molecular weight is 280 g/mol. The van der Waals surface area contributed by atoms with Crippen molar-refractivity contribution in [3.8, 4) is 0 Å². The van der Waals surface area contributed by atoms with E-state index in [-0.39, 0.29) is 0 Å². The molecule has 3 rings (SSSR count). The number of anilines is 1. The van der Waals surface area contributed by atoms with Crippen molar-refractivity contribution in [1.29, 1.82) is 0 Å². The summed E-state index contributed by atoms with van der Waals surface area (Å²) in [4.78, 5) is 2.53. The second-order valence-electron chi connectivity index (χ2n) is 5.92. The highest BCUT2D eigenvalue weighted by atomic mass is 15.1. The van der Waals surface area contributed by atoms with Gasteiger partial charge in [0.15, 0.2) is 0 Å². The van der Waals surface area contributed by atoms with Crippen LogP contribution in [0.5, 0.6) is 0 Å². The Hall–Kier alpha value is -1.80. The number of aryl methyl sites for hydroxylation is 1. The van der Waals surface area contributed by atoms with Gasteiger partial charge in [-0.1, -0.05) is 36.4 Å². The first-order chi connectivity index (χ1) is 10.3. The van der Waals surface area contributed by atoms with Gasteiger partial charge in [0.1, 0.15) is 0 Å². The molecule has 2 aromatic carbocycles. The normalized spacial score (nSPS) is 14.7. The van der Waals surface area contributed by atoms with E-state index < -0.39 is 0 Å². The standard InChI is InChI=1S/C19H24N2/c1-15-14-16(8-11-20)6-7-19(15)21-12-9-17-4-2-3-5-18(17)10-13-21/h2-7,14H,8-13,20H2,1H3. The third-order valence-electron chi connectivity index (χ3n) is 4.46. The Morgan fingerprint density at radius 3 is 2.24 bits per heavy atom. The number of hydrogen-bond donors (Lipinski definition) is 1.